The number of carbonyl (C=O) groups is 1. The van der Waals surface area contributed by atoms with E-state index in [1.54, 1.807) is 0 Å². The van der Waals surface area contributed by atoms with E-state index in [-0.39, 0.29) is 12.0 Å². The normalized spacial score (nSPS) is 14.2. The lowest BCUT2D eigenvalue weighted by atomic mass is 10.1. The van der Waals surface area contributed by atoms with Gasteiger partial charge in [-0.25, -0.2) is 0 Å². The summed E-state index contributed by atoms with van der Waals surface area (Å²) in [6.45, 7) is 8.40. The van der Waals surface area contributed by atoms with Gasteiger partial charge in [0, 0.05) is 50.0 Å². The number of amides is 1. The first kappa shape index (κ1) is 22.2. The average molecular weight is 410 g/mol. The second kappa shape index (κ2) is 11.0. The monoisotopic (exact) mass is 409 g/mol. The summed E-state index contributed by atoms with van der Waals surface area (Å²) >= 11 is 0. The van der Waals surface area contributed by atoms with Crippen LogP contribution in [-0.4, -0.2) is 55.0 Å². The Balaban J connectivity index is 1.48. The first-order valence-corrected chi connectivity index (χ1v) is 11.1. The van der Waals surface area contributed by atoms with Gasteiger partial charge in [0.15, 0.2) is 0 Å². The standard InChI is InChI=1S/C25H35N3O2/c1-20(2)30-24-12-8-11-23(18-24)26-13-16-27(3)19-21-9-7-10-22(17-21)25(29)28-14-5-4-6-15-28/h7-12,17-18,20,26H,4-6,13-16,19H2,1-3H3. The molecule has 1 aliphatic heterocycles. The number of nitrogens with zero attached hydrogens (tertiary/aromatic N) is 2. The lowest BCUT2D eigenvalue weighted by Crippen LogP contribution is -2.35. The number of nitrogens with one attached hydrogen (secondary N) is 1. The number of likely N-dealkylation sites (N-methyl/N-ethyl adjacent to an activating group) is 1. The quantitative estimate of drug-likeness (QED) is 0.655. The van der Waals surface area contributed by atoms with Crippen molar-refractivity contribution < 1.29 is 9.53 Å². The predicted octanol–water partition coefficient (Wildman–Crippen LogP) is 4.64. The molecule has 5 nitrogen and oxygen atoms in total. The van der Waals surface area contributed by atoms with Gasteiger partial charge in [0.2, 0.25) is 0 Å². The molecule has 0 aliphatic carbocycles. The molecule has 0 radical (unpaired) electrons. The Morgan fingerprint density at radius 2 is 1.87 bits per heavy atom. The van der Waals surface area contributed by atoms with Gasteiger partial charge in [0.05, 0.1) is 6.10 Å². The number of anilines is 1. The number of ether oxygens (including phenoxy) is 1. The third-order valence-electron chi connectivity index (χ3n) is 5.30. The second-order valence-electron chi connectivity index (χ2n) is 8.41. The van der Waals surface area contributed by atoms with Gasteiger partial charge in [-0.1, -0.05) is 18.2 Å². The van der Waals surface area contributed by atoms with E-state index < -0.39 is 0 Å². The van der Waals surface area contributed by atoms with Gasteiger partial charge in [0.25, 0.3) is 5.91 Å². The van der Waals surface area contributed by atoms with E-state index >= 15 is 0 Å². The number of likely N-dealkylation sites (tertiary alicyclic amines) is 1. The van der Waals surface area contributed by atoms with Crippen LogP contribution in [-0.2, 0) is 6.54 Å². The van der Waals surface area contributed by atoms with Crippen molar-refractivity contribution in [1.29, 1.82) is 0 Å². The van der Waals surface area contributed by atoms with Gasteiger partial charge >= 0.3 is 0 Å². The molecule has 0 atom stereocenters. The predicted molar refractivity (Wildman–Crippen MR) is 123 cm³/mol. The van der Waals surface area contributed by atoms with Crippen molar-refractivity contribution in [2.45, 2.75) is 45.8 Å². The second-order valence-corrected chi connectivity index (χ2v) is 8.41. The van der Waals surface area contributed by atoms with E-state index in [9.17, 15) is 4.79 Å². The number of hydrogen-bond donors (Lipinski definition) is 1. The van der Waals surface area contributed by atoms with E-state index in [0.29, 0.717) is 0 Å². The Kier molecular flexibility index (Phi) is 8.14. The van der Waals surface area contributed by atoms with E-state index in [1.807, 2.05) is 55.1 Å². The highest BCUT2D eigenvalue weighted by Gasteiger charge is 2.18. The molecule has 0 unspecified atom stereocenters. The lowest BCUT2D eigenvalue weighted by Gasteiger charge is -2.27. The lowest BCUT2D eigenvalue weighted by molar-refractivity contribution is 0.0724. The molecule has 0 spiro atoms. The maximum atomic E-state index is 12.8. The van der Waals surface area contributed by atoms with Gasteiger partial charge in [0.1, 0.15) is 5.75 Å². The molecular weight excluding hydrogens is 374 g/mol. The number of piperidine rings is 1. The Morgan fingerprint density at radius 3 is 2.63 bits per heavy atom. The van der Waals surface area contributed by atoms with Crippen LogP contribution in [0.5, 0.6) is 5.75 Å². The van der Waals surface area contributed by atoms with Gasteiger partial charge < -0.3 is 19.9 Å². The van der Waals surface area contributed by atoms with Crippen LogP contribution in [0.15, 0.2) is 48.5 Å². The smallest absolute Gasteiger partial charge is 0.253 e. The maximum absolute atomic E-state index is 12.8. The average Bonchev–Trinajstić information content (AvgIpc) is 2.74. The van der Waals surface area contributed by atoms with Crippen LogP contribution in [0, 0.1) is 0 Å². The summed E-state index contributed by atoms with van der Waals surface area (Å²) in [6, 6.07) is 16.2. The molecule has 5 heteroatoms. The Hall–Kier alpha value is -2.53. The Morgan fingerprint density at radius 1 is 1.10 bits per heavy atom. The molecule has 30 heavy (non-hydrogen) atoms. The molecule has 162 valence electrons. The molecule has 0 bridgehead atoms. The summed E-state index contributed by atoms with van der Waals surface area (Å²) in [5, 5.41) is 3.47. The molecule has 1 fully saturated rings. The van der Waals surface area contributed by atoms with Crippen LogP contribution in [0.4, 0.5) is 5.69 Å². The molecule has 3 rings (SSSR count). The third kappa shape index (κ3) is 6.77. The Bertz CT molecular complexity index is 816. The highest BCUT2D eigenvalue weighted by molar-refractivity contribution is 5.94. The summed E-state index contributed by atoms with van der Waals surface area (Å²) in [4.78, 5) is 17.0. The minimum atomic E-state index is 0.170. The van der Waals surface area contributed by atoms with E-state index in [0.717, 1.165) is 62.6 Å². The van der Waals surface area contributed by atoms with E-state index in [2.05, 4.69) is 29.4 Å². The summed E-state index contributed by atoms with van der Waals surface area (Å²) in [5.74, 6) is 1.06. The zero-order valence-corrected chi connectivity index (χ0v) is 18.6. The zero-order chi connectivity index (χ0) is 21.3. The number of carbonyl (C=O) groups excluding carboxylic acids is 1. The zero-order valence-electron chi connectivity index (χ0n) is 18.6. The van der Waals surface area contributed by atoms with Crippen LogP contribution < -0.4 is 10.1 Å². The fraction of sp³-hybridized carbons (Fsp3) is 0.480. The van der Waals surface area contributed by atoms with Crippen molar-refractivity contribution in [1.82, 2.24) is 9.80 Å². The molecule has 2 aromatic carbocycles. The number of hydrogen-bond acceptors (Lipinski definition) is 4. The molecule has 1 heterocycles. The summed E-state index contributed by atoms with van der Waals surface area (Å²) in [6.07, 6.45) is 3.64. The number of benzene rings is 2. The molecular formula is C25H35N3O2. The maximum Gasteiger partial charge on any atom is 0.253 e. The molecule has 1 aliphatic rings. The molecule has 0 saturated carbocycles. The van der Waals surface area contributed by atoms with E-state index in [4.69, 9.17) is 4.74 Å². The fourth-order valence-electron chi connectivity index (χ4n) is 3.82. The van der Waals surface area contributed by atoms with Gasteiger partial charge in [-0.3, -0.25) is 4.79 Å². The summed E-state index contributed by atoms with van der Waals surface area (Å²) in [5.41, 5.74) is 3.05. The van der Waals surface area contributed by atoms with Gasteiger partial charge in [-0.05, 0) is 70.0 Å². The largest absolute Gasteiger partial charge is 0.491 e. The minimum Gasteiger partial charge on any atom is -0.491 e. The Labute approximate surface area is 181 Å². The summed E-state index contributed by atoms with van der Waals surface area (Å²) < 4.78 is 5.75. The van der Waals surface area contributed by atoms with Crippen LogP contribution in [0.1, 0.15) is 49.0 Å². The first-order valence-electron chi connectivity index (χ1n) is 11.1. The highest BCUT2D eigenvalue weighted by Crippen LogP contribution is 2.18. The minimum absolute atomic E-state index is 0.170. The van der Waals surface area contributed by atoms with Gasteiger partial charge in [-0.2, -0.15) is 0 Å². The van der Waals surface area contributed by atoms with Gasteiger partial charge in [-0.15, -0.1) is 0 Å². The molecule has 2 aromatic rings. The van der Waals surface area contributed by atoms with Crippen molar-refractivity contribution >= 4 is 11.6 Å². The van der Waals surface area contributed by atoms with Crippen molar-refractivity contribution in [3.8, 4) is 5.75 Å². The fourth-order valence-corrected chi connectivity index (χ4v) is 3.82. The first-order chi connectivity index (χ1) is 14.5. The topological polar surface area (TPSA) is 44.8 Å². The van der Waals surface area contributed by atoms with Crippen molar-refractivity contribution in [2.24, 2.45) is 0 Å². The SMILES string of the molecule is CC(C)Oc1cccc(NCCN(C)Cc2cccc(C(=O)N3CCCCC3)c2)c1. The van der Waals surface area contributed by atoms with Crippen LogP contribution in [0.25, 0.3) is 0 Å². The molecule has 1 N–H and O–H groups in total. The van der Waals surface area contributed by atoms with Crippen molar-refractivity contribution in [2.75, 3.05) is 38.5 Å². The van der Waals surface area contributed by atoms with Crippen LogP contribution in [0.3, 0.4) is 0 Å². The third-order valence-corrected chi connectivity index (χ3v) is 5.30. The molecule has 1 amide bonds. The van der Waals surface area contributed by atoms with E-state index in [1.165, 1.54) is 12.0 Å². The van der Waals surface area contributed by atoms with Crippen molar-refractivity contribution in [3.63, 3.8) is 0 Å². The van der Waals surface area contributed by atoms with Crippen LogP contribution in [0.2, 0.25) is 0 Å². The molecule has 1 saturated heterocycles. The highest BCUT2D eigenvalue weighted by atomic mass is 16.5. The number of rotatable bonds is 9. The van der Waals surface area contributed by atoms with Crippen molar-refractivity contribution in [3.05, 3.63) is 59.7 Å². The molecule has 0 aromatic heterocycles. The summed E-state index contributed by atoms with van der Waals surface area (Å²) in [7, 11) is 2.11. The van der Waals surface area contributed by atoms with Crippen LogP contribution >= 0.6 is 0 Å².